The highest BCUT2D eigenvalue weighted by Crippen LogP contribution is 2.69. The normalized spacial score (nSPS) is 52.8. The molecule has 15 aliphatic rings. The number of methoxy groups -OCH3 is 2. The van der Waals surface area contributed by atoms with E-state index in [0.717, 1.165) is 200 Å². The number of rotatable bonds is 7. The molecule has 0 spiro atoms. The van der Waals surface area contributed by atoms with Crippen molar-refractivity contribution in [1.82, 2.24) is 0 Å². The van der Waals surface area contributed by atoms with E-state index in [2.05, 4.69) is 104 Å². The third kappa shape index (κ3) is 13.2. The van der Waals surface area contributed by atoms with Crippen LogP contribution in [0.15, 0.2) is 0 Å². The molecule has 30 atom stereocenters. The second-order valence-corrected chi connectivity index (χ2v) is 39.0. The zero-order valence-corrected chi connectivity index (χ0v) is 60.8. The van der Waals surface area contributed by atoms with Gasteiger partial charge in [0.2, 0.25) is 0 Å². The molecule has 15 saturated carbocycles. The average Bonchev–Trinajstić information content (AvgIpc) is 1.67. The molecule has 0 aromatic rings. The molecular formula is C82H144O7. The number of hydrogen-bond acceptors (Lipinski definition) is 7. The van der Waals surface area contributed by atoms with E-state index < -0.39 is 0 Å². The zero-order valence-electron chi connectivity index (χ0n) is 60.8. The molecule has 0 aliphatic heterocycles. The highest BCUT2D eigenvalue weighted by atomic mass is 16.5. The Kier molecular flexibility index (Phi) is 21.4. The van der Waals surface area contributed by atoms with Crippen LogP contribution in [-0.4, -0.2) is 82.5 Å². The molecule has 15 rings (SSSR count). The van der Waals surface area contributed by atoms with Crippen molar-refractivity contribution in [2.45, 2.75) is 326 Å². The third-order valence-corrected chi connectivity index (χ3v) is 35.0. The van der Waals surface area contributed by atoms with Gasteiger partial charge in [-0.15, -0.1) is 0 Å². The van der Waals surface area contributed by atoms with Crippen LogP contribution in [0.5, 0.6) is 0 Å². The summed E-state index contributed by atoms with van der Waals surface area (Å²) in [6.07, 6.45) is 35.3. The summed E-state index contributed by atoms with van der Waals surface area (Å²) in [6.45, 7) is 37.1. The largest absolute Gasteiger partial charge is 0.393 e. The van der Waals surface area contributed by atoms with Crippen LogP contribution < -0.4 is 0 Å². The van der Waals surface area contributed by atoms with Gasteiger partial charge in [0.25, 0.3) is 0 Å². The van der Waals surface area contributed by atoms with Crippen LogP contribution in [0.1, 0.15) is 284 Å². The highest BCUT2D eigenvalue weighted by molar-refractivity contribution is 5.11. The number of ether oxygens (including phenoxy) is 2. The van der Waals surface area contributed by atoms with Crippen molar-refractivity contribution in [2.75, 3.05) is 14.2 Å². The second kappa shape index (κ2) is 27.2. The maximum Gasteiger partial charge on any atom is 0.0832 e. The van der Waals surface area contributed by atoms with E-state index in [-0.39, 0.29) is 42.7 Å². The van der Waals surface area contributed by atoms with E-state index in [0.29, 0.717) is 33.0 Å². The predicted molar refractivity (Wildman–Crippen MR) is 365 cm³/mol. The van der Waals surface area contributed by atoms with Gasteiger partial charge in [-0.05, 0) is 336 Å². The van der Waals surface area contributed by atoms with Gasteiger partial charge in [0.1, 0.15) is 0 Å². The third-order valence-electron chi connectivity index (χ3n) is 35.0. The molecule has 10 bridgehead atoms. The maximum absolute atomic E-state index is 10.3. The molecule has 15 aliphatic carbocycles. The lowest BCUT2D eigenvalue weighted by atomic mass is 9.61. The van der Waals surface area contributed by atoms with E-state index in [4.69, 9.17) is 9.47 Å². The molecule has 30 unspecified atom stereocenters. The van der Waals surface area contributed by atoms with Crippen LogP contribution in [0, 0.1) is 175 Å². The summed E-state index contributed by atoms with van der Waals surface area (Å²) in [5, 5.41) is 50.0. The molecule has 7 heteroatoms. The Morgan fingerprint density at radius 2 is 0.596 bits per heavy atom. The van der Waals surface area contributed by atoms with Crippen molar-refractivity contribution in [3.05, 3.63) is 0 Å². The molecule has 0 aromatic carbocycles. The highest BCUT2D eigenvalue weighted by Gasteiger charge is 2.61. The summed E-state index contributed by atoms with van der Waals surface area (Å²) in [5.41, 5.74) is 2.82. The molecule has 0 radical (unpaired) electrons. The number of fused-ring (bicyclic) bond motifs is 10. The molecule has 0 amide bonds. The Bertz CT molecular complexity index is 2260. The van der Waals surface area contributed by atoms with E-state index >= 15 is 0 Å². The van der Waals surface area contributed by atoms with Gasteiger partial charge in [-0.3, -0.25) is 0 Å². The Hall–Kier alpha value is -0.280. The minimum Gasteiger partial charge on any atom is -0.393 e. The Morgan fingerprint density at radius 1 is 0.247 bits per heavy atom. The van der Waals surface area contributed by atoms with Gasteiger partial charge in [-0.1, -0.05) is 123 Å². The van der Waals surface area contributed by atoms with Crippen molar-refractivity contribution < 1.29 is 35.0 Å². The van der Waals surface area contributed by atoms with Gasteiger partial charge in [0.15, 0.2) is 0 Å². The first-order valence-electron chi connectivity index (χ1n) is 39.4. The van der Waals surface area contributed by atoms with Crippen LogP contribution in [0.25, 0.3) is 0 Å². The first kappa shape index (κ1) is 70.1. The summed E-state index contributed by atoms with van der Waals surface area (Å²) in [6, 6.07) is 0. The predicted octanol–water partition coefficient (Wildman–Crippen LogP) is 18.5. The molecule has 514 valence electrons. The molecule has 0 saturated heterocycles. The molecule has 0 aromatic heterocycles. The standard InChI is InChI=1S/2C17H30O2.3C16H28O/c1-10-13-8-12(17(10,2)3)9-14(13)11-5-6-16(19-4)15(18)7-11;1-10-13-8-12(17(10,2)3)9-14(13)11-5-6-15(18)16(7-11)19-4;1-10-14-8-12(16(10,2)3)9-15(14)11-4-6-13(17)7-5-11;1-10-14-8-12(16(10,2)3)9-15(14)11-5-4-6-13(17)7-11;1-10-13-8-11(16(10,2)3)9-14(13)12-6-4-5-7-15(12)17/h2*10-16,18H,5-9H2,1-4H3;3*10-15,17H,4-9H2,1-3H3. The fourth-order valence-electron chi connectivity index (χ4n) is 27.1. The Labute approximate surface area is 547 Å². The van der Waals surface area contributed by atoms with Crippen molar-refractivity contribution >= 4 is 0 Å². The van der Waals surface area contributed by atoms with Gasteiger partial charge in [-0.2, -0.15) is 0 Å². The van der Waals surface area contributed by atoms with Gasteiger partial charge >= 0.3 is 0 Å². The van der Waals surface area contributed by atoms with Crippen LogP contribution in [0.3, 0.4) is 0 Å². The van der Waals surface area contributed by atoms with Crippen molar-refractivity contribution in [3.8, 4) is 0 Å². The zero-order chi connectivity index (χ0) is 64.2. The van der Waals surface area contributed by atoms with Gasteiger partial charge < -0.3 is 35.0 Å². The van der Waals surface area contributed by atoms with Crippen LogP contribution in [0.2, 0.25) is 0 Å². The SMILES string of the molecule is CC1C2CC(CC2C2CCC(O)CC2)C1(C)C.CC1C2CC(CC2C2CCCC(O)C2)C1(C)C.CC1C2CC(CC2C2CCCCC2O)C1(C)C.COC1CC(C2CC3CC2C(C)C3(C)C)CCC1O.COC1CCC(C2CC3CC2C(C)C3(C)C)CC1O. The van der Waals surface area contributed by atoms with Gasteiger partial charge in [0.05, 0.1) is 42.7 Å². The van der Waals surface area contributed by atoms with E-state index in [1.165, 1.54) is 122 Å². The molecule has 5 N–H and O–H groups in total. The van der Waals surface area contributed by atoms with Crippen LogP contribution in [0.4, 0.5) is 0 Å². The summed E-state index contributed by atoms with van der Waals surface area (Å²) in [5.74, 6) is 22.4. The first-order chi connectivity index (χ1) is 41.9. The summed E-state index contributed by atoms with van der Waals surface area (Å²) >= 11 is 0. The number of aliphatic hydroxyl groups is 5. The fraction of sp³-hybridized carbons (Fsp3) is 1.00. The summed E-state index contributed by atoms with van der Waals surface area (Å²) in [7, 11) is 3.49. The topological polar surface area (TPSA) is 120 Å². The molecule has 89 heavy (non-hydrogen) atoms. The molecule has 7 nitrogen and oxygen atoms in total. The van der Waals surface area contributed by atoms with Crippen molar-refractivity contribution in [2.24, 2.45) is 175 Å². The number of aliphatic hydroxyl groups excluding tert-OH is 5. The van der Waals surface area contributed by atoms with E-state index in [9.17, 15) is 25.5 Å². The van der Waals surface area contributed by atoms with Crippen molar-refractivity contribution in [3.63, 3.8) is 0 Å². The summed E-state index contributed by atoms with van der Waals surface area (Å²) < 4.78 is 10.9. The Morgan fingerprint density at radius 3 is 0.978 bits per heavy atom. The monoisotopic (exact) mass is 1240 g/mol. The smallest absolute Gasteiger partial charge is 0.0832 e. The maximum atomic E-state index is 10.3. The van der Waals surface area contributed by atoms with E-state index in [1.807, 2.05) is 0 Å². The quantitative estimate of drug-likeness (QED) is 0.172. The second-order valence-electron chi connectivity index (χ2n) is 39.0. The van der Waals surface area contributed by atoms with Gasteiger partial charge in [-0.25, -0.2) is 0 Å². The molecule has 15 fully saturated rings. The van der Waals surface area contributed by atoms with Crippen LogP contribution >= 0.6 is 0 Å². The fourth-order valence-corrected chi connectivity index (χ4v) is 27.1. The lowest BCUT2D eigenvalue weighted by molar-refractivity contribution is -0.0675. The average molecular weight is 1240 g/mol. The minimum absolute atomic E-state index is 0.0104. The van der Waals surface area contributed by atoms with E-state index in [1.54, 1.807) is 14.2 Å². The summed E-state index contributed by atoms with van der Waals surface area (Å²) in [4.78, 5) is 0. The first-order valence-corrected chi connectivity index (χ1v) is 39.4. The van der Waals surface area contributed by atoms with Crippen molar-refractivity contribution in [1.29, 1.82) is 0 Å². The Balaban J connectivity index is 0.000000115. The lowest BCUT2D eigenvalue weighted by Gasteiger charge is -2.45. The minimum atomic E-state index is -0.230. The molecular weight excluding hydrogens is 1100 g/mol. The van der Waals surface area contributed by atoms with Crippen LogP contribution in [-0.2, 0) is 9.47 Å². The molecule has 0 heterocycles. The lowest BCUT2D eigenvalue weighted by Crippen LogP contribution is -2.41. The van der Waals surface area contributed by atoms with Gasteiger partial charge in [0, 0.05) is 14.2 Å². The number of hydrogen-bond donors (Lipinski definition) is 5.